The van der Waals surface area contributed by atoms with Crippen LogP contribution in [0.25, 0.3) is 0 Å². The molecule has 0 radical (unpaired) electrons. The van der Waals surface area contributed by atoms with Gasteiger partial charge in [0.05, 0.1) is 5.69 Å². The fourth-order valence-electron chi connectivity index (χ4n) is 1.77. The molecule has 100 valence electrons. The lowest BCUT2D eigenvalue weighted by Gasteiger charge is -2.13. The number of rotatable bonds is 5. The molecule has 2 aromatic rings. The van der Waals surface area contributed by atoms with Gasteiger partial charge in [0.25, 0.3) is 0 Å². The Morgan fingerprint density at radius 1 is 1.05 bits per heavy atom. The molecule has 2 rings (SSSR count). The summed E-state index contributed by atoms with van der Waals surface area (Å²) < 4.78 is 12.2. The zero-order chi connectivity index (χ0) is 13.7. The summed E-state index contributed by atoms with van der Waals surface area (Å²) in [5.74, 6) is 1.56. The van der Waals surface area contributed by atoms with Crippen molar-refractivity contribution in [1.29, 1.82) is 0 Å². The van der Waals surface area contributed by atoms with Crippen molar-refractivity contribution in [3.8, 4) is 11.5 Å². The fraction of sp³-hybridized carbons (Fsp3) is 0.200. The van der Waals surface area contributed by atoms with E-state index in [-0.39, 0.29) is 0 Å². The fourth-order valence-corrected chi connectivity index (χ4v) is 2.36. The molecule has 0 saturated heterocycles. The van der Waals surface area contributed by atoms with Crippen molar-refractivity contribution in [2.24, 2.45) is 0 Å². The highest BCUT2D eigenvalue weighted by Gasteiger charge is 2.06. The number of benzene rings is 2. The largest absolute Gasteiger partial charge is 0.490 e. The third-order valence-electron chi connectivity index (χ3n) is 2.61. The Balaban J connectivity index is 1.86. The van der Waals surface area contributed by atoms with Crippen LogP contribution in [0.2, 0.25) is 0 Å². The Bertz CT molecular complexity index is 520. The molecule has 0 bridgehead atoms. The first-order chi connectivity index (χ1) is 9.16. The summed E-state index contributed by atoms with van der Waals surface area (Å²) in [5, 5.41) is 0. The van der Waals surface area contributed by atoms with Crippen LogP contribution in [-0.4, -0.2) is 13.2 Å². The summed E-state index contributed by atoms with van der Waals surface area (Å²) >= 11 is 3.40. The summed E-state index contributed by atoms with van der Waals surface area (Å²) in [5.41, 5.74) is 7.56. The molecule has 0 aromatic heterocycles. The molecule has 0 spiro atoms. The van der Waals surface area contributed by atoms with Crippen LogP contribution in [-0.2, 0) is 0 Å². The molecule has 0 aliphatic carbocycles. The first kappa shape index (κ1) is 13.7. The van der Waals surface area contributed by atoms with Crippen LogP contribution in [0.1, 0.15) is 5.56 Å². The SMILES string of the molecule is Cc1cc(Br)cc(N)c1OCCOc1ccccc1. The molecule has 0 heterocycles. The van der Waals surface area contributed by atoms with Gasteiger partial charge < -0.3 is 15.2 Å². The van der Waals surface area contributed by atoms with Gasteiger partial charge in [0.15, 0.2) is 0 Å². The molecule has 0 atom stereocenters. The van der Waals surface area contributed by atoms with Gasteiger partial charge in [-0.15, -0.1) is 0 Å². The van der Waals surface area contributed by atoms with Crippen LogP contribution in [0.3, 0.4) is 0 Å². The van der Waals surface area contributed by atoms with Crippen molar-refractivity contribution in [2.45, 2.75) is 6.92 Å². The maximum atomic E-state index is 5.92. The van der Waals surface area contributed by atoms with Gasteiger partial charge in [-0.3, -0.25) is 0 Å². The van der Waals surface area contributed by atoms with Crippen molar-refractivity contribution in [1.82, 2.24) is 0 Å². The highest BCUT2D eigenvalue weighted by atomic mass is 79.9. The van der Waals surface area contributed by atoms with Crippen LogP contribution in [0.15, 0.2) is 46.9 Å². The van der Waals surface area contributed by atoms with E-state index in [4.69, 9.17) is 15.2 Å². The number of hydrogen-bond acceptors (Lipinski definition) is 3. The standard InChI is InChI=1S/C15H16BrNO2/c1-11-9-12(16)10-14(17)15(11)19-8-7-18-13-5-3-2-4-6-13/h2-6,9-10H,7-8,17H2,1H3. The molecular weight excluding hydrogens is 306 g/mol. The Hall–Kier alpha value is -1.68. The smallest absolute Gasteiger partial charge is 0.145 e. The summed E-state index contributed by atoms with van der Waals surface area (Å²) in [6.07, 6.45) is 0. The number of nitrogen functional groups attached to an aromatic ring is 1. The predicted molar refractivity (Wildman–Crippen MR) is 80.7 cm³/mol. The van der Waals surface area contributed by atoms with E-state index in [1.54, 1.807) is 0 Å². The van der Waals surface area contributed by atoms with Gasteiger partial charge in [0.2, 0.25) is 0 Å². The topological polar surface area (TPSA) is 44.5 Å². The first-order valence-electron chi connectivity index (χ1n) is 6.03. The van der Waals surface area contributed by atoms with E-state index in [2.05, 4.69) is 15.9 Å². The summed E-state index contributed by atoms with van der Waals surface area (Å²) in [4.78, 5) is 0. The predicted octanol–water partition coefficient (Wildman–Crippen LogP) is 3.80. The molecule has 3 nitrogen and oxygen atoms in total. The molecule has 0 aliphatic rings. The molecule has 0 unspecified atom stereocenters. The van der Waals surface area contributed by atoms with Crippen molar-refractivity contribution in [3.63, 3.8) is 0 Å². The monoisotopic (exact) mass is 321 g/mol. The Morgan fingerprint density at radius 3 is 2.42 bits per heavy atom. The second-order valence-corrected chi connectivity index (χ2v) is 5.07. The van der Waals surface area contributed by atoms with Gasteiger partial charge in [-0.2, -0.15) is 0 Å². The van der Waals surface area contributed by atoms with Gasteiger partial charge >= 0.3 is 0 Å². The molecule has 0 amide bonds. The van der Waals surface area contributed by atoms with Gasteiger partial charge in [-0.1, -0.05) is 34.1 Å². The maximum absolute atomic E-state index is 5.92. The normalized spacial score (nSPS) is 10.2. The lowest BCUT2D eigenvalue weighted by Crippen LogP contribution is -2.10. The average molecular weight is 322 g/mol. The molecule has 0 aliphatic heterocycles. The summed E-state index contributed by atoms with van der Waals surface area (Å²) in [6, 6.07) is 13.5. The molecule has 2 N–H and O–H groups in total. The van der Waals surface area contributed by atoms with E-state index in [0.717, 1.165) is 21.5 Å². The number of aryl methyl sites for hydroxylation is 1. The highest BCUT2D eigenvalue weighted by Crippen LogP contribution is 2.29. The number of para-hydroxylation sites is 1. The second-order valence-electron chi connectivity index (χ2n) is 4.15. The number of nitrogens with two attached hydrogens (primary N) is 1. The number of anilines is 1. The van der Waals surface area contributed by atoms with Crippen LogP contribution in [0.5, 0.6) is 11.5 Å². The van der Waals surface area contributed by atoms with E-state index in [0.29, 0.717) is 18.9 Å². The van der Waals surface area contributed by atoms with Crippen LogP contribution in [0, 0.1) is 6.92 Å². The van der Waals surface area contributed by atoms with Gasteiger partial charge in [-0.05, 0) is 36.8 Å². The van der Waals surface area contributed by atoms with Crippen molar-refractivity contribution in [3.05, 3.63) is 52.5 Å². The van der Waals surface area contributed by atoms with Crippen LogP contribution in [0.4, 0.5) is 5.69 Å². The zero-order valence-corrected chi connectivity index (χ0v) is 12.3. The van der Waals surface area contributed by atoms with Gasteiger partial charge in [0.1, 0.15) is 24.7 Å². The molecule has 4 heteroatoms. The molecular formula is C15H16BrNO2. The van der Waals surface area contributed by atoms with Crippen molar-refractivity contribution in [2.75, 3.05) is 18.9 Å². The van der Waals surface area contributed by atoms with Crippen molar-refractivity contribution >= 4 is 21.6 Å². The lowest BCUT2D eigenvalue weighted by atomic mass is 10.2. The van der Waals surface area contributed by atoms with Crippen LogP contribution >= 0.6 is 15.9 Å². The molecule has 0 saturated carbocycles. The lowest BCUT2D eigenvalue weighted by molar-refractivity contribution is 0.217. The quantitative estimate of drug-likeness (QED) is 0.673. The number of hydrogen-bond donors (Lipinski definition) is 1. The van der Waals surface area contributed by atoms with E-state index in [1.165, 1.54) is 0 Å². The maximum Gasteiger partial charge on any atom is 0.145 e. The molecule has 19 heavy (non-hydrogen) atoms. The highest BCUT2D eigenvalue weighted by molar-refractivity contribution is 9.10. The van der Waals surface area contributed by atoms with E-state index < -0.39 is 0 Å². The minimum Gasteiger partial charge on any atom is -0.490 e. The number of halogens is 1. The Kier molecular flexibility index (Phi) is 4.68. The molecule has 2 aromatic carbocycles. The van der Waals surface area contributed by atoms with E-state index in [9.17, 15) is 0 Å². The minimum absolute atomic E-state index is 0.460. The Labute approximate surface area is 121 Å². The van der Waals surface area contributed by atoms with Crippen LogP contribution < -0.4 is 15.2 Å². The van der Waals surface area contributed by atoms with E-state index >= 15 is 0 Å². The van der Waals surface area contributed by atoms with E-state index in [1.807, 2.05) is 49.4 Å². The third-order valence-corrected chi connectivity index (χ3v) is 3.07. The van der Waals surface area contributed by atoms with Gasteiger partial charge in [0, 0.05) is 4.47 Å². The molecule has 0 fully saturated rings. The number of ether oxygens (including phenoxy) is 2. The summed E-state index contributed by atoms with van der Waals surface area (Å²) in [6.45, 7) is 2.91. The Morgan fingerprint density at radius 2 is 1.74 bits per heavy atom. The summed E-state index contributed by atoms with van der Waals surface area (Å²) in [7, 11) is 0. The first-order valence-corrected chi connectivity index (χ1v) is 6.82. The second kappa shape index (κ2) is 6.48. The minimum atomic E-state index is 0.460. The third kappa shape index (κ3) is 3.89. The average Bonchev–Trinajstić information content (AvgIpc) is 2.38. The van der Waals surface area contributed by atoms with Gasteiger partial charge in [-0.25, -0.2) is 0 Å². The van der Waals surface area contributed by atoms with Crippen molar-refractivity contribution < 1.29 is 9.47 Å². The zero-order valence-electron chi connectivity index (χ0n) is 10.7.